The Balaban J connectivity index is 1.39. The standard InChI is InChI=1S/C22H26N4O3/c1-26-18-10-9-16(24-22(28)19-8-5-13-29-19)14-17(18)25-20(26)11-12-23-21(27)15-6-3-2-4-7-15/h5,8-10,13-15H,2-4,6-7,11-12H2,1H3,(H,23,27)(H,24,28). The molecule has 1 saturated carbocycles. The number of anilines is 1. The second-order valence-electron chi connectivity index (χ2n) is 7.60. The van der Waals surface area contributed by atoms with Gasteiger partial charge in [-0.2, -0.15) is 0 Å². The SMILES string of the molecule is Cn1c(CCNC(=O)C2CCCCC2)nc2cc(NC(=O)c3ccco3)ccc21. The summed E-state index contributed by atoms with van der Waals surface area (Å²) in [6.45, 7) is 0.578. The Labute approximate surface area is 169 Å². The first kappa shape index (κ1) is 19.2. The number of imidazole rings is 1. The average molecular weight is 394 g/mol. The highest BCUT2D eigenvalue weighted by molar-refractivity contribution is 6.03. The number of fused-ring (bicyclic) bond motifs is 1. The van der Waals surface area contributed by atoms with Crippen LogP contribution in [0.5, 0.6) is 0 Å². The number of aryl methyl sites for hydroxylation is 1. The van der Waals surface area contributed by atoms with E-state index in [0.29, 0.717) is 18.7 Å². The van der Waals surface area contributed by atoms with Crippen molar-refractivity contribution < 1.29 is 14.0 Å². The van der Waals surface area contributed by atoms with Crippen molar-refractivity contribution >= 4 is 28.5 Å². The average Bonchev–Trinajstić information content (AvgIpc) is 3.37. The van der Waals surface area contributed by atoms with Crippen LogP contribution in [-0.2, 0) is 18.3 Å². The van der Waals surface area contributed by atoms with Crippen molar-refractivity contribution in [2.24, 2.45) is 13.0 Å². The van der Waals surface area contributed by atoms with Gasteiger partial charge in [-0.3, -0.25) is 9.59 Å². The number of hydrogen-bond donors (Lipinski definition) is 2. The molecule has 2 aromatic heterocycles. The van der Waals surface area contributed by atoms with Crippen molar-refractivity contribution in [2.75, 3.05) is 11.9 Å². The molecule has 0 aliphatic heterocycles. The maximum Gasteiger partial charge on any atom is 0.291 e. The first-order chi connectivity index (χ1) is 14.1. The molecular weight excluding hydrogens is 368 g/mol. The zero-order valence-corrected chi connectivity index (χ0v) is 16.6. The molecular formula is C22H26N4O3. The number of carbonyl (C=O) groups is 2. The van der Waals surface area contributed by atoms with Crippen LogP contribution in [0.2, 0.25) is 0 Å². The third-order valence-electron chi connectivity index (χ3n) is 5.60. The van der Waals surface area contributed by atoms with Crippen LogP contribution in [0, 0.1) is 5.92 Å². The first-order valence-corrected chi connectivity index (χ1v) is 10.2. The lowest BCUT2D eigenvalue weighted by molar-refractivity contribution is -0.125. The summed E-state index contributed by atoms with van der Waals surface area (Å²) in [6, 6.07) is 8.93. The Hall–Kier alpha value is -3.09. The molecule has 0 saturated heterocycles. The molecule has 0 radical (unpaired) electrons. The van der Waals surface area contributed by atoms with E-state index in [4.69, 9.17) is 4.42 Å². The van der Waals surface area contributed by atoms with E-state index in [2.05, 4.69) is 15.6 Å². The molecule has 3 aromatic rings. The van der Waals surface area contributed by atoms with E-state index in [1.165, 1.54) is 12.7 Å². The summed E-state index contributed by atoms with van der Waals surface area (Å²) >= 11 is 0. The number of aromatic nitrogens is 2. The van der Waals surface area contributed by atoms with Crippen LogP contribution >= 0.6 is 0 Å². The van der Waals surface area contributed by atoms with Gasteiger partial charge in [-0.05, 0) is 43.2 Å². The fourth-order valence-corrected chi connectivity index (χ4v) is 3.96. The summed E-state index contributed by atoms with van der Waals surface area (Å²) in [5.74, 6) is 1.21. The number of furan rings is 1. The van der Waals surface area contributed by atoms with Crippen LogP contribution in [0.4, 0.5) is 5.69 Å². The third-order valence-corrected chi connectivity index (χ3v) is 5.60. The Morgan fingerprint density at radius 2 is 2.03 bits per heavy atom. The Morgan fingerprint density at radius 3 is 2.79 bits per heavy atom. The Morgan fingerprint density at radius 1 is 1.21 bits per heavy atom. The molecule has 1 fully saturated rings. The molecule has 2 heterocycles. The van der Waals surface area contributed by atoms with Gasteiger partial charge in [-0.15, -0.1) is 0 Å². The normalized spacial score (nSPS) is 14.8. The highest BCUT2D eigenvalue weighted by Crippen LogP contribution is 2.24. The molecule has 1 aliphatic carbocycles. The molecule has 0 bridgehead atoms. The summed E-state index contributed by atoms with van der Waals surface area (Å²) in [4.78, 5) is 29.1. The second-order valence-corrected chi connectivity index (χ2v) is 7.60. The summed E-state index contributed by atoms with van der Waals surface area (Å²) in [6.07, 6.45) is 7.69. The van der Waals surface area contributed by atoms with Crippen molar-refractivity contribution in [3.63, 3.8) is 0 Å². The van der Waals surface area contributed by atoms with E-state index >= 15 is 0 Å². The predicted molar refractivity (Wildman–Crippen MR) is 111 cm³/mol. The lowest BCUT2D eigenvalue weighted by Crippen LogP contribution is -2.33. The topological polar surface area (TPSA) is 89.2 Å². The lowest BCUT2D eigenvalue weighted by Gasteiger charge is -2.20. The quantitative estimate of drug-likeness (QED) is 0.668. The molecule has 0 spiro atoms. The third kappa shape index (κ3) is 4.34. The zero-order chi connectivity index (χ0) is 20.2. The van der Waals surface area contributed by atoms with Crippen molar-refractivity contribution in [3.05, 3.63) is 48.2 Å². The summed E-state index contributed by atoms with van der Waals surface area (Å²) in [5.41, 5.74) is 2.45. The molecule has 2 N–H and O–H groups in total. The van der Waals surface area contributed by atoms with Crippen LogP contribution in [0.15, 0.2) is 41.0 Å². The maximum absolute atomic E-state index is 12.3. The van der Waals surface area contributed by atoms with Gasteiger partial charge in [-0.25, -0.2) is 4.98 Å². The summed E-state index contributed by atoms with van der Waals surface area (Å²) < 4.78 is 7.15. The molecule has 0 atom stereocenters. The fraction of sp³-hybridized carbons (Fsp3) is 0.409. The van der Waals surface area contributed by atoms with Gasteiger partial charge < -0.3 is 19.6 Å². The minimum absolute atomic E-state index is 0.171. The Kier molecular flexibility index (Phi) is 5.64. The number of benzene rings is 1. The number of hydrogen-bond acceptors (Lipinski definition) is 4. The molecule has 7 nitrogen and oxygen atoms in total. The van der Waals surface area contributed by atoms with E-state index < -0.39 is 0 Å². The van der Waals surface area contributed by atoms with Gasteiger partial charge in [0.25, 0.3) is 5.91 Å². The maximum atomic E-state index is 12.3. The van der Waals surface area contributed by atoms with Crippen LogP contribution in [0.1, 0.15) is 48.5 Å². The number of rotatable bonds is 6. The van der Waals surface area contributed by atoms with Crippen molar-refractivity contribution in [3.8, 4) is 0 Å². The molecule has 1 aliphatic rings. The van der Waals surface area contributed by atoms with Crippen LogP contribution < -0.4 is 10.6 Å². The molecule has 1 aromatic carbocycles. The van der Waals surface area contributed by atoms with Gasteiger partial charge in [-0.1, -0.05) is 19.3 Å². The number of nitrogens with zero attached hydrogens (tertiary/aromatic N) is 2. The molecule has 152 valence electrons. The molecule has 29 heavy (non-hydrogen) atoms. The molecule has 4 rings (SSSR count). The summed E-state index contributed by atoms with van der Waals surface area (Å²) in [7, 11) is 1.97. The summed E-state index contributed by atoms with van der Waals surface area (Å²) in [5, 5.41) is 5.89. The van der Waals surface area contributed by atoms with E-state index in [9.17, 15) is 9.59 Å². The van der Waals surface area contributed by atoms with E-state index in [-0.39, 0.29) is 23.5 Å². The highest BCUT2D eigenvalue weighted by atomic mass is 16.3. The monoisotopic (exact) mass is 394 g/mol. The fourth-order valence-electron chi connectivity index (χ4n) is 3.96. The van der Waals surface area contributed by atoms with Crippen molar-refractivity contribution in [1.29, 1.82) is 0 Å². The van der Waals surface area contributed by atoms with Gasteiger partial charge in [0, 0.05) is 31.6 Å². The van der Waals surface area contributed by atoms with Crippen molar-refractivity contribution in [1.82, 2.24) is 14.9 Å². The van der Waals surface area contributed by atoms with Gasteiger partial charge in [0.15, 0.2) is 5.76 Å². The number of amides is 2. The van der Waals surface area contributed by atoms with E-state index in [1.807, 2.05) is 29.8 Å². The van der Waals surface area contributed by atoms with E-state index in [1.54, 1.807) is 12.1 Å². The van der Waals surface area contributed by atoms with Gasteiger partial charge in [0.2, 0.25) is 5.91 Å². The largest absolute Gasteiger partial charge is 0.459 e. The lowest BCUT2D eigenvalue weighted by atomic mass is 9.89. The van der Waals surface area contributed by atoms with Gasteiger partial charge in [0.05, 0.1) is 17.3 Å². The molecule has 2 amide bonds. The minimum atomic E-state index is -0.295. The van der Waals surface area contributed by atoms with Crippen LogP contribution in [0.25, 0.3) is 11.0 Å². The van der Waals surface area contributed by atoms with Gasteiger partial charge >= 0.3 is 0 Å². The van der Waals surface area contributed by atoms with Gasteiger partial charge in [0.1, 0.15) is 5.82 Å². The minimum Gasteiger partial charge on any atom is -0.459 e. The van der Waals surface area contributed by atoms with Crippen molar-refractivity contribution in [2.45, 2.75) is 38.5 Å². The predicted octanol–water partition coefficient (Wildman–Crippen LogP) is 3.66. The highest BCUT2D eigenvalue weighted by Gasteiger charge is 2.20. The first-order valence-electron chi connectivity index (χ1n) is 10.2. The zero-order valence-electron chi connectivity index (χ0n) is 16.6. The molecule has 0 unspecified atom stereocenters. The number of carbonyl (C=O) groups excluding carboxylic acids is 2. The Bertz CT molecular complexity index is 1000. The number of nitrogens with one attached hydrogen (secondary N) is 2. The van der Waals surface area contributed by atoms with Crippen LogP contribution in [0.3, 0.4) is 0 Å². The second kappa shape index (κ2) is 8.51. The smallest absolute Gasteiger partial charge is 0.291 e. The van der Waals surface area contributed by atoms with E-state index in [0.717, 1.165) is 42.5 Å². The molecule has 7 heteroatoms. The van der Waals surface area contributed by atoms with Crippen LogP contribution in [-0.4, -0.2) is 27.9 Å².